The van der Waals surface area contributed by atoms with Crippen molar-refractivity contribution in [3.8, 4) is 11.5 Å². The van der Waals surface area contributed by atoms with E-state index in [9.17, 15) is 24.5 Å². The Balaban J connectivity index is 1.47. The molecule has 3 aromatic carbocycles. The van der Waals surface area contributed by atoms with Crippen LogP contribution in [0.3, 0.4) is 0 Å². The summed E-state index contributed by atoms with van der Waals surface area (Å²) in [7, 11) is 0. The molecule has 10 heteroatoms. The predicted octanol–water partition coefficient (Wildman–Crippen LogP) is 3.30. The van der Waals surface area contributed by atoms with Crippen LogP contribution in [0.15, 0.2) is 78.9 Å². The number of para-hydroxylation sites is 3. The molecule has 0 radical (unpaired) electrons. The summed E-state index contributed by atoms with van der Waals surface area (Å²) in [6, 6.07) is 20.8. The van der Waals surface area contributed by atoms with Crippen molar-refractivity contribution >= 4 is 29.2 Å². The van der Waals surface area contributed by atoms with Gasteiger partial charge in [0, 0.05) is 17.7 Å². The fraction of sp³-hybridized carbons (Fsp3) is 0.0870. The Bertz CT molecular complexity index is 1170. The maximum absolute atomic E-state index is 12.2. The minimum atomic E-state index is -0.849. The molecule has 0 fully saturated rings. The van der Waals surface area contributed by atoms with E-state index in [0.717, 1.165) is 6.07 Å². The molecule has 2 N–H and O–H groups in total. The topological polar surface area (TPSA) is 137 Å². The smallest absolute Gasteiger partial charge is 0.325 e. The van der Waals surface area contributed by atoms with Crippen LogP contribution >= 0.6 is 0 Å². The first-order valence-corrected chi connectivity index (χ1v) is 9.72. The number of nitrogens with one attached hydrogen (secondary N) is 2. The quantitative estimate of drug-likeness (QED) is 0.290. The molecule has 0 aliphatic heterocycles. The normalized spacial score (nSPS) is 10.1. The molecule has 168 valence electrons. The number of hydrogen-bond acceptors (Lipinski definition) is 7. The Morgan fingerprint density at radius 1 is 0.909 bits per heavy atom. The third-order valence-corrected chi connectivity index (χ3v) is 4.21. The zero-order chi connectivity index (χ0) is 23.6. The van der Waals surface area contributed by atoms with Gasteiger partial charge in [0.05, 0.1) is 10.6 Å². The molecule has 0 unspecified atom stereocenters. The molecule has 0 bridgehead atoms. The van der Waals surface area contributed by atoms with Gasteiger partial charge in [0.25, 0.3) is 17.5 Å². The van der Waals surface area contributed by atoms with Crippen LogP contribution in [-0.2, 0) is 14.3 Å². The fourth-order valence-electron chi connectivity index (χ4n) is 2.67. The summed E-state index contributed by atoms with van der Waals surface area (Å²) in [5.74, 6) is -1.14. The van der Waals surface area contributed by atoms with E-state index in [0.29, 0.717) is 17.2 Å². The third kappa shape index (κ3) is 6.89. The molecule has 0 aliphatic rings. The van der Waals surface area contributed by atoms with Crippen molar-refractivity contribution in [3.05, 3.63) is 94.5 Å². The first kappa shape index (κ1) is 22.9. The molecule has 0 aromatic heterocycles. The first-order chi connectivity index (χ1) is 15.9. The van der Waals surface area contributed by atoms with Crippen molar-refractivity contribution in [1.82, 2.24) is 5.32 Å². The number of carbonyl (C=O) groups is 3. The zero-order valence-corrected chi connectivity index (χ0v) is 17.2. The van der Waals surface area contributed by atoms with Crippen molar-refractivity contribution in [2.24, 2.45) is 0 Å². The molecule has 3 aromatic rings. The number of nitrogens with zero attached hydrogens (tertiary/aromatic N) is 1. The Labute approximate surface area is 188 Å². The number of anilines is 1. The van der Waals surface area contributed by atoms with Gasteiger partial charge in [-0.05, 0) is 30.3 Å². The summed E-state index contributed by atoms with van der Waals surface area (Å²) >= 11 is 0. The van der Waals surface area contributed by atoms with Gasteiger partial charge in [-0.15, -0.1) is 0 Å². The Morgan fingerprint density at radius 3 is 2.39 bits per heavy atom. The number of nitro groups is 1. The van der Waals surface area contributed by atoms with Crippen LogP contribution in [0.2, 0.25) is 0 Å². The average molecular weight is 449 g/mol. The highest BCUT2D eigenvalue weighted by Gasteiger charge is 2.14. The zero-order valence-electron chi connectivity index (χ0n) is 17.2. The molecule has 2 amide bonds. The standard InChI is InChI=1S/C23H19N3O7/c27-21(25-19-11-4-5-12-20(19)33-18-9-2-1-3-10-18)15-32-22(28)14-24-23(29)16-7-6-8-17(13-16)26(30)31/h1-13H,14-15H2,(H,24,29)(H,25,27). The highest BCUT2D eigenvalue weighted by atomic mass is 16.6. The van der Waals surface area contributed by atoms with E-state index in [1.807, 2.05) is 18.2 Å². The molecular formula is C23H19N3O7. The Kier molecular flexibility index (Phi) is 7.68. The van der Waals surface area contributed by atoms with Crippen LogP contribution in [0.1, 0.15) is 10.4 Å². The van der Waals surface area contributed by atoms with Gasteiger partial charge in [-0.3, -0.25) is 24.5 Å². The van der Waals surface area contributed by atoms with Crippen molar-refractivity contribution in [2.45, 2.75) is 0 Å². The van der Waals surface area contributed by atoms with Gasteiger partial charge in [0.15, 0.2) is 12.4 Å². The van der Waals surface area contributed by atoms with Crippen LogP contribution in [0.5, 0.6) is 11.5 Å². The van der Waals surface area contributed by atoms with Gasteiger partial charge < -0.3 is 20.1 Å². The summed E-state index contributed by atoms with van der Waals surface area (Å²) < 4.78 is 10.6. The lowest BCUT2D eigenvalue weighted by Crippen LogP contribution is -2.32. The largest absolute Gasteiger partial charge is 0.455 e. The lowest BCUT2D eigenvalue weighted by molar-refractivity contribution is -0.384. The number of hydrogen-bond donors (Lipinski definition) is 2. The molecule has 33 heavy (non-hydrogen) atoms. The predicted molar refractivity (Wildman–Crippen MR) is 118 cm³/mol. The van der Waals surface area contributed by atoms with Crippen LogP contribution in [-0.4, -0.2) is 35.9 Å². The van der Waals surface area contributed by atoms with Gasteiger partial charge in [-0.25, -0.2) is 0 Å². The van der Waals surface area contributed by atoms with Crippen LogP contribution in [0, 0.1) is 10.1 Å². The summed E-state index contributed by atoms with van der Waals surface area (Å²) in [6.07, 6.45) is 0. The number of carbonyl (C=O) groups excluding carboxylic acids is 3. The summed E-state index contributed by atoms with van der Waals surface area (Å²) in [5.41, 5.74) is 0.157. The van der Waals surface area contributed by atoms with Gasteiger partial charge in [0.1, 0.15) is 12.3 Å². The monoisotopic (exact) mass is 449 g/mol. The molecule has 0 atom stereocenters. The van der Waals surface area contributed by atoms with E-state index in [1.54, 1.807) is 36.4 Å². The van der Waals surface area contributed by atoms with Gasteiger partial charge in [0.2, 0.25) is 0 Å². The summed E-state index contributed by atoms with van der Waals surface area (Å²) in [6.45, 7) is -1.09. The molecule has 0 aliphatic carbocycles. The number of non-ortho nitro benzene ring substituents is 1. The maximum Gasteiger partial charge on any atom is 0.325 e. The average Bonchev–Trinajstić information content (AvgIpc) is 2.83. The van der Waals surface area contributed by atoms with Gasteiger partial charge in [-0.1, -0.05) is 36.4 Å². The molecule has 0 saturated heterocycles. The molecule has 0 heterocycles. The summed E-state index contributed by atoms with van der Waals surface area (Å²) in [4.78, 5) is 46.3. The van der Waals surface area contributed by atoms with E-state index >= 15 is 0 Å². The van der Waals surface area contributed by atoms with Crippen LogP contribution in [0.25, 0.3) is 0 Å². The highest BCUT2D eigenvalue weighted by molar-refractivity contribution is 5.97. The molecule has 10 nitrogen and oxygen atoms in total. The SMILES string of the molecule is O=C(COC(=O)CNC(=O)c1cccc([N+](=O)[O-])c1)Nc1ccccc1Oc1ccccc1. The second-order valence-electron chi connectivity index (χ2n) is 6.61. The van der Waals surface area contributed by atoms with Crippen molar-refractivity contribution in [2.75, 3.05) is 18.5 Å². The third-order valence-electron chi connectivity index (χ3n) is 4.21. The van der Waals surface area contributed by atoms with E-state index in [1.165, 1.54) is 18.2 Å². The second kappa shape index (κ2) is 11.0. The minimum Gasteiger partial charge on any atom is -0.455 e. The number of nitro benzene ring substituents is 1. The van der Waals surface area contributed by atoms with Gasteiger partial charge >= 0.3 is 5.97 Å². The van der Waals surface area contributed by atoms with E-state index < -0.39 is 35.9 Å². The Morgan fingerprint density at radius 2 is 1.64 bits per heavy atom. The first-order valence-electron chi connectivity index (χ1n) is 9.72. The van der Waals surface area contributed by atoms with E-state index in [-0.39, 0.29) is 11.3 Å². The Hall–Kier alpha value is -4.73. The second-order valence-corrected chi connectivity index (χ2v) is 6.61. The lowest BCUT2D eigenvalue weighted by Gasteiger charge is -2.12. The minimum absolute atomic E-state index is 0.0183. The number of rotatable bonds is 9. The molecule has 0 spiro atoms. The number of amides is 2. The maximum atomic E-state index is 12.2. The van der Waals surface area contributed by atoms with Crippen LogP contribution in [0.4, 0.5) is 11.4 Å². The van der Waals surface area contributed by atoms with Gasteiger partial charge in [-0.2, -0.15) is 0 Å². The van der Waals surface area contributed by atoms with Crippen molar-refractivity contribution < 1.29 is 28.8 Å². The fourth-order valence-corrected chi connectivity index (χ4v) is 2.67. The van der Waals surface area contributed by atoms with E-state index in [4.69, 9.17) is 9.47 Å². The highest BCUT2D eigenvalue weighted by Crippen LogP contribution is 2.29. The number of ether oxygens (including phenoxy) is 2. The summed E-state index contributed by atoms with van der Waals surface area (Å²) in [5, 5.41) is 15.7. The van der Waals surface area contributed by atoms with E-state index in [2.05, 4.69) is 10.6 Å². The molecular weight excluding hydrogens is 430 g/mol. The lowest BCUT2D eigenvalue weighted by atomic mass is 10.2. The van der Waals surface area contributed by atoms with Crippen molar-refractivity contribution in [3.63, 3.8) is 0 Å². The molecule has 3 rings (SSSR count). The molecule has 0 saturated carbocycles. The van der Waals surface area contributed by atoms with Crippen molar-refractivity contribution in [1.29, 1.82) is 0 Å². The van der Waals surface area contributed by atoms with Crippen LogP contribution < -0.4 is 15.4 Å². The number of benzene rings is 3. The number of esters is 1.